The van der Waals surface area contributed by atoms with E-state index in [1.807, 2.05) is 25.1 Å². The molecule has 4 nitrogen and oxygen atoms in total. The van der Waals surface area contributed by atoms with Crippen LogP contribution in [0.1, 0.15) is 42.3 Å². The van der Waals surface area contributed by atoms with Crippen molar-refractivity contribution in [2.24, 2.45) is 0 Å². The molecule has 0 radical (unpaired) electrons. The Labute approximate surface area is 150 Å². The monoisotopic (exact) mass is 359 g/mol. The molecule has 5 heteroatoms. The van der Waals surface area contributed by atoms with Crippen molar-refractivity contribution in [1.29, 1.82) is 0 Å². The number of benzene rings is 2. The van der Waals surface area contributed by atoms with Crippen molar-refractivity contribution < 1.29 is 13.2 Å². The van der Waals surface area contributed by atoms with E-state index >= 15 is 0 Å². The van der Waals surface area contributed by atoms with Crippen LogP contribution in [-0.2, 0) is 15.3 Å². The molecule has 1 amide bonds. The van der Waals surface area contributed by atoms with Gasteiger partial charge < -0.3 is 5.32 Å². The topological polar surface area (TPSA) is 63.2 Å². The molecule has 0 atom stereocenters. The Morgan fingerprint density at radius 2 is 1.76 bits per heavy atom. The van der Waals surface area contributed by atoms with Gasteiger partial charge in [-0.15, -0.1) is 0 Å². The van der Waals surface area contributed by atoms with Crippen LogP contribution in [0.2, 0.25) is 0 Å². The van der Waals surface area contributed by atoms with Crippen LogP contribution in [0, 0.1) is 6.92 Å². The van der Waals surface area contributed by atoms with Crippen LogP contribution in [0.4, 0.5) is 0 Å². The molecule has 0 unspecified atom stereocenters. The molecule has 0 heterocycles. The smallest absolute Gasteiger partial charge is 0.252 e. The van der Waals surface area contributed by atoms with Gasteiger partial charge in [-0.05, 0) is 24.6 Å². The average molecular weight is 359 g/mol. The Hall–Kier alpha value is -2.14. The van der Waals surface area contributed by atoms with Gasteiger partial charge in [0.1, 0.15) is 0 Å². The zero-order chi connectivity index (χ0) is 18.7. The number of rotatable bonds is 6. The number of nitrogens with one attached hydrogen (secondary N) is 1. The number of aryl methyl sites for hydroxylation is 1. The molecule has 0 aromatic heterocycles. The summed E-state index contributed by atoms with van der Waals surface area (Å²) in [6.45, 7) is 8.12. The summed E-state index contributed by atoms with van der Waals surface area (Å²) in [6.07, 6.45) is 0. The van der Waals surface area contributed by atoms with Crippen LogP contribution in [0.5, 0.6) is 0 Å². The number of hydrogen-bond donors (Lipinski definition) is 1. The fraction of sp³-hybridized carbons (Fsp3) is 0.350. The maximum Gasteiger partial charge on any atom is 0.252 e. The van der Waals surface area contributed by atoms with E-state index < -0.39 is 9.84 Å². The first-order valence-corrected chi connectivity index (χ1v) is 10.00. The van der Waals surface area contributed by atoms with Crippen molar-refractivity contribution in [3.63, 3.8) is 0 Å². The van der Waals surface area contributed by atoms with Gasteiger partial charge in [-0.1, -0.05) is 62.7 Å². The van der Waals surface area contributed by atoms with Crippen LogP contribution < -0.4 is 5.32 Å². The lowest BCUT2D eigenvalue weighted by molar-refractivity contribution is 0.0942. The highest BCUT2D eigenvalue weighted by Crippen LogP contribution is 2.24. The van der Waals surface area contributed by atoms with Gasteiger partial charge in [-0.25, -0.2) is 8.42 Å². The second-order valence-electron chi connectivity index (χ2n) is 6.84. The molecule has 2 aromatic rings. The van der Waals surface area contributed by atoms with Crippen molar-refractivity contribution in [2.45, 2.75) is 38.0 Å². The van der Waals surface area contributed by atoms with Crippen molar-refractivity contribution in [3.8, 4) is 0 Å². The second kappa shape index (κ2) is 7.40. The molecule has 2 rings (SSSR count). The Balaban J connectivity index is 2.21. The molecule has 25 heavy (non-hydrogen) atoms. The summed E-state index contributed by atoms with van der Waals surface area (Å²) in [5.74, 6) is -0.403. The molecule has 0 aliphatic carbocycles. The summed E-state index contributed by atoms with van der Waals surface area (Å²) < 4.78 is 24.4. The highest BCUT2D eigenvalue weighted by atomic mass is 32.2. The van der Waals surface area contributed by atoms with E-state index in [-0.39, 0.29) is 27.5 Å². The van der Waals surface area contributed by atoms with Crippen LogP contribution in [0.15, 0.2) is 53.4 Å². The zero-order valence-corrected chi connectivity index (χ0v) is 16.0. The second-order valence-corrected chi connectivity index (χ2v) is 9.08. The van der Waals surface area contributed by atoms with Gasteiger partial charge in [0.2, 0.25) is 0 Å². The summed E-state index contributed by atoms with van der Waals surface area (Å²) in [6, 6.07) is 14.5. The third kappa shape index (κ3) is 4.48. The van der Waals surface area contributed by atoms with Crippen molar-refractivity contribution in [2.75, 3.05) is 12.3 Å². The lowest BCUT2D eigenvalue weighted by Gasteiger charge is -2.26. The fourth-order valence-corrected chi connectivity index (χ4v) is 3.74. The average Bonchev–Trinajstić information content (AvgIpc) is 2.59. The van der Waals surface area contributed by atoms with Crippen molar-refractivity contribution in [3.05, 3.63) is 65.2 Å². The Bertz CT molecular complexity index is 870. The molecule has 0 saturated carbocycles. The van der Waals surface area contributed by atoms with E-state index in [0.717, 1.165) is 11.1 Å². The normalized spacial score (nSPS) is 12.0. The standard InChI is InChI=1S/C20H25NO3S/c1-5-25(23,24)18-12-7-6-11-17(18)19(22)21-14-20(3,4)16-10-8-9-15(2)13-16/h6-13H,5,14H2,1-4H3,(H,21,22). The number of sulfone groups is 1. The van der Waals surface area contributed by atoms with E-state index in [9.17, 15) is 13.2 Å². The zero-order valence-electron chi connectivity index (χ0n) is 15.2. The predicted octanol–water partition coefficient (Wildman–Crippen LogP) is 3.50. The Morgan fingerprint density at radius 1 is 1.08 bits per heavy atom. The highest BCUT2D eigenvalue weighted by molar-refractivity contribution is 7.91. The van der Waals surface area contributed by atoms with E-state index in [1.165, 1.54) is 6.07 Å². The predicted molar refractivity (Wildman–Crippen MR) is 101 cm³/mol. The third-order valence-electron chi connectivity index (χ3n) is 4.34. The summed E-state index contributed by atoms with van der Waals surface area (Å²) >= 11 is 0. The molecule has 0 bridgehead atoms. The number of hydrogen-bond acceptors (Lipinski definition) is 3. The quantitative estimate of drug-likeness (QED) is 0.859. The number of amides is 1. The van der Waals surface area contributed by atoms with Gasteiger partial charge in [0.15, 0.2) is 9.84 Å². The van der Waals surface area contributed by atoms with Crippen molar-refractivity contribution in [1.82, 2.24) is 5.32 Å². The maximum atomic E-state index is 12.6. The van der Waals surface area contributed by atoms with Crippen molar-refractivity contribution >= 4 is 15.7 Å². The Morgan fingerprint density at radius 3 is 2.40 bits per heavy atom. The molecule has 0 aliphatic rings. The molecule has 0 fully saturated rings. The molecule has 134 valence electrons. The van der Waals surface area contributed by atoms with Gasteiger partial charge in [-0.2, -0.15) is 0 Å². The van der Waals surface area contributed by atoms with Gasteiger partial charge in [0.05, 0.1) is 16.2 Å². The first-order chi connectivity index (χ1) is 11.7. The molecule has 2 aromatic carbocycles. The summed E-state index contributed by atoms with van der Waals surface area (Å²) in [5, 5.41) is 2.89. The van der Waals surface area contributed by atoms with Crippen LogP contribution in [0.25, 0.3) is 0 Å². The molecular formula is C20H25NO3S. The van der Waals surface area contributed by atoms with Gasteiger partial charge in [-0.3, -0.25) is 4.79 Å². The minimum atomic E-state index is -3.45. The summed E-state index contributed by atoms with van der Waals surface area (Å²) in [4.78, 5) is 12.7. The number of carbonyl (C=O) groups excluding carboxylic acids is 1. The van der Waals surface area contributed by atoms with Gasteiger partial charge >= 0.3 is 0 Å². The van der Waals surface area contributed by atoms with E-state index in [4.69, 9.17) is 0 Å². The first-order valence-electron chi connectivity index (χ1n) is 8.34. The van der Waals surface area contributed by atoms with Gasteiger partial charge in [0, 0.05) is 12.0 Å². The highest BCUT2D eigenvalue weighted by Gasteiger charge is 2.24. The lowest BCUT2D eigenvalue weighted by Crippen LogP contribution is -2.37. The van der Waals surface area contributed by atoms with E-state index in [2.05, 4.69) is 25.2 Å². The minimum Gasteiger partial charge on any atom is -0.351 e. The minimum absolute atomic E-state index is 0.0356. The molecule has 0 aliphatic heterocycles. The van der Waals surface area contributed by atoms with E-state index in [0.29, 0.717) is 6.54 Å². The van der Waals surface area contributed by atoms with Crippen LogP contribution in [-0.4, -0.2) is 26.6 Å². The fourth-order valence-electron chi connectivity index (χ4n) is 2.65. The molecule has 1 N–H and O–H groups in total. The summed E-state index contributed by atoms with van der Waals surface area (Å²) in [5.41, 5.74) is 2.23. The third-order valence-corrected chi connectivity index (χ3v) is 6.12. The number of carbonyl (C=O) groups is 1. The molecule has 0 spiro atoms. The molecule has 0 saturated heterocycles. The Kier molecular flexibility index (Phi) is 5.68. The maximum absolute atomic E-state index is 12.6. The van der Waals surface area contributed by atoms with Crippen LogP contribution >= 0.6 is 0 Å². The van der Waals surface area contributed by atoms with Gasteiger partial charge in [0.25, 0.3) is 5.91 Å². The summed E-state index contributed by atoms with van der Waals surface area (Å²) in [7, 11) is -3.45. The largest absolute Gasteiger partial charge is 0.351 e. The lowest BCUT2D eigenvalue weighted by atomic mass is 9.84. The molecular weight excluding hydrogens is 334 g/mol. The van der Waals surface area contributed by atoms with Crippen LogP contribution in [0.3, 0.4) is 0 Å². The SMILES string of the molecule is CCS(=O)(=O)c1ccccc1C(=O)NCC(C)(C)c1cccc(C)c1. The van der Waals surface area contributed by atoms with E-state index in [1.54, 1.807) is 25.1 Å². The first kappa shape index (κ1) is 19.2.